The van der Waals surface area contributed by atoms with Crippen LogP contribution in [0.25, 0.3) is 0 Å². The summed E-state index contributed by atoms with van der Waals surface area (Å²) in [6.07, 6.45) is 0. The van der Waals surface area contributed by atoms with E-state index in [1.165, 1.54) is 0 Å². The van der Waals surface area contributed by atoms with Gasteiger partial charge in [-0.25, -0.2) is 0 Å². The number of amides is 1. The van der Waals surface area contributed by atoms with Crippen molar-refractivity contribution in [1.82, 2.24) is 5.32 Å². The summed E-state index contributed by atoms with van der Waals surface area (Å²) in [6, 6.07) is 7.74. The Kier molecular flexibility index (Phi) is 5.12. The number of carbonyl (C=O) groups excluding carboxylic acids is 1. The SMILES string of the molecule is O=C(CSCc1cc(Cl)c2c(c1)OCO2)NCc1cccs1. The van der Waals surface area contributed by atoms with Crippen molar-refractivity contribution in [3.63, 3.8) is 0 Å². The first-order valence-electron chi connectivity index (χ1n) is 6.67. The van der Waals surface area contributed by atoms with E-state index in [2.05, 4.69) is 5.32 Å². The number of fused-ring (bicyclic) bond motifs is 1. The molecule has 0 saturated carbocycles. The summed E-state index contributed by atoms with van der Waals surface area (Å²) in [6.45, 7) is 0.795. The highest BCUT2D eigenvalue weighted by atomic mass is 35.5. The summed E-state index contributed by atoms with van der Waals surface area (Å²) in [4.78, 5) is 12.9. The van der Waals surface area contributed by atoms with Gasteiger partial charge in [-0.15, -0.1) is 23.1 Å². The maximum absolute atomic E-state index is 11.8. The van der Waals surface area contributed by atoms with E-state index >= 15 is 0 Å². The third-order valence-electron chi connectivity index (χ3n) is 3.03. The molecule has 3 rings (SSSR count). The number of ether oxygens (including phenoxy) is 2. The molecule has 1 amide bonds. The first-order valence-corrected chi connectivity index (χ1v) is 9.08. The quantitative estimate of drug-likeness (QED) is 0.858. The Morgan fingerprint density at radius 1 is 1.41 bits per heavy atom. The van der Waals surface area contributed by atoms with E-state index in [1.54, 1.807) is 23.1 Å². The number of hydrogen-bond donors (Lipinski definition) is 1. The molecule has 2 aromatic rings. The molecular formula is C15H14ClNO3S2. The van der Waals surface area contributed by atoms with Crippen molar-refractivity contribution in [2.75, 3.05) is 12.5 Å². The van der Waals surface area contributed by atoms with Crippen LogP contribution in [0.5, 0.6) is 11.5 Å². The highest BCUT2D eigenvalue weighted by Gasteiger charge is 2.18. The Bertz CT molecular complexity index is 661. The lowest BCUT2D eigenvalue weighted by molar-refractivity contribution is -0.118. The normalized spacial score (nSPS) is 12.4. The molecule has 0 unspecified atom stereocenters. The smallest absolute Gasteiger partial charge is 0.231 e. The second kappa shape index (κ2) is 7.26. The minimum Gasteiger partial charge on any atom is -0.454 e. The van der Waals surface area contributed by atoms with Crippen LogP contribution in [0, 0.1) is 0 Å². The van der Waals surface area contributed by atoms with E-state index in [9.17, 15) is 4.79 Å². The highest BCUT2D eigenvalue weighted by molar-refractivity contribution is 7.99. The lowest BCUT2D eigenvalue weighted by atomic mass is 10.2. The Balaban J connectivity index is 1.45. The van der Waals surface area contributed by atoms with Crippen LogP contribution in [-0.2, 0) is 17.1 Å². The number of nitrogens with one attached hydrogen (secondary N) is 1. The topological polar surface area (TPSA) is 47.6 Å². The molecule has 1 aliphatic heterocycles. The summed E-state index contributed by atoms with van der Waals surface area (Å²) in [5.41, 5.74) is 1.02. The average molecular weight is 356 g/mol. The lowest BCUT2D eigenvalue weighted by Crippen LogP contribution is -2.24. The standard InChI is InChI=1S/C15H14ClNO3S2/c16-12-4-10(5-13-15(12)20-9-19-13)7-21-8-14(18)17-6-11-2-1-3-22-11/h1-5H,6-9H2,(H,17,18). The second-order valence-electron chi connectivity index (χ2n) is 4.66. The van der Waals surface area contributed by atoms with E-state index in [4.69, 9.17) is 21.1 Å². The maximum Gasteiger partial charge on any atom is 0.231 e. The van der Waals surface area contributed by atoms with E-state index in [0.717, 1.165) is 10.4 Å². The van der Waals surface area contributed by atoms with Gasteiger partial charge in [0.15, 0.2) is 11.5 Å². The minimum absolute atomic E-state index is 0.0326. The Morgan fingerprint density at radius 2 is 2.32 bits per heavy atom. The fourth-order valence-electron chi connectivity index (χ4n) is 2.02. The van der Waals surface area contributed by atoms with Gasteiger partial charge < -0.3 is 14.8 Å². The molecule has 0 fully saturated rings. The third-order valence-corrected chi connectivity index (χ3v) is 5.19. The Labute approximate surface area is 141 Å². The average Bonchev–Trinajstić information content (AvgIpc) is 3.16. The molecule has 1 N–H and O–H groups in total. The molecule has 1 aliphatic rings. The van der Waals surface area contributed by atoms with Gasteiger partial charge in [0.1, 0.15) is 0 Å². The predicted octanol–water partition coefficient (Wildman–Crippen LogP) is 3.68. The summed E-state index contributed by atoms with van der Waals surface area (Å²) < 4.78 is 10.6. The van der Waals surface area contributed by atoms with E-state index < -0.39 is 0 Å². The largest absolute Gasteiger partial charge is 0.454 e. The van der Waals surface area contributed by atoms with Crippen LogP contribution < -0.4 is 14.8 Å². The number of thioether (sulfide) groups is 1. The van der Waals surface area contributed by atoms with Gasteiger partial charge in [-0.05, 0) is 29.1 Å². The van der Waals surface area contributed by atoms with E-state index in [0.29, 0.717) is 34.6 Å². The number of carbonyl (C=O) groups is 1. The molecule has 0 spiro atoms. The van der Waals surface area contributed by atoms with Gasteiger partial charge in [-0.1, -0.05) is 17.7 Å². The van der Waals surface area contributed by atoms with Gasteiger partial charge in [-0.2, -0.15) is 0 Å². The van der Waals surface area contributed by atoms with Crippen molar-refractivity contribution < 1.29 is 14.3 Å². The van der Waals surface area contributed by atoms with Crippen molar-refractivity contribution in [2.45, 2.75) is 12.3 Å². The molecule has 0 bridgehead atoms. The lowest BCUT2D eigenvalue weighted by Gasteiger charge is -2.06. The fourth-order valence-corrected chi connectivity index (χ4v) is 3.74. The molecule has 7 heteroatoms. The van der Waals surface area contributed by atoms with Crippen LogP contribution in [0.1, 0.15) is 10.4 Å². The molecule has 4 nitrogen and oxygen atoms in total. The molecule has 116 valence electrons. The molecular weight excluding hydrogens is 342 g/mol. The van der Waals surface area contributed by atoms with Crippen LogP contribution in [0.15, 0.2) is 29.6 Å². The molecule has 0 atom stereocenters. The molecule has 1 aromatic heterocycles. The van der Waals surface area contributed by atoms with Crippen molar-refractivity contribution in [3.8, 4) is 11.5 Å². The minimum atomic E-state index is 0.0326. The molecule has 1 aromatic carbocycles. The van der Waals surface area contributed by atoms with Crippen molar-refractivity contribution in [2.24, 2.45) is 0 Å². The number of rotatable bonds is 6. The molecule has 0 saturated heterocycles. The van der Waals surface area contributed by atoms with Gasteiger partial charge >= 0.3 is 0 Å². The summed E-state index contributed by atoms with van der Waals surface area (Å²) in [7, 11) is 0. The number of halogens is 1. The van der Waals surface area contributed by atoms with E-state index in [1.807, 2.05) is 29.6 Å². The fraction of sp³-hybridized carbons (Fsp3) is 0.267. The van der Waals surface area contributed by atoms with Crippen molar-refractivity contribution in [3.05, 3.63) is 45.1 Å². The number of hydrogen-bond acceptors (Lipinski definition) is 5. The summed E-state index contributed by atoms with van der Waals surface area (Å²) >= 11 is 9.31. The van der Waals surface area contributed by atoms with Crippen molar-refractivity contribution in [1.29, 1.82) is 0 Å². The van der Waals surface area contributed by atoms with E-state index in [-0.39, 0.29) is 12.7 Å². The monoisotopic (exact) mass is 355 g/mol. The highest BCUT2D eigenvalue weighted by Crippen LogP contribution is 2.40. The zero-order chi connectivity index (χ0) is 15.4. The van der Waals surface area contributed by atoms with Crippen LogP contribution in [0.4, 0.5) is 0 Å². The first kappa shape index (κ1) is 15.5. The second-order valence-corrected chi connectivity index (χ2v) is 7.09. The first-order chi connectivity index (χ1) is 10.7. The van der Waals surface area contributed by atoms with Crippen LogP contribution in [0.3, 0.4) is 0 Å². The van der Waals surface area contributed by atoms with Crippen LogP contribution in [0.2, 0.25) is 5.02 Å². The molecule has 0 aliphatic carbocycles. The van der Waals surface area contributed by atoms with Crippen molar-refractivity contribution >= 4 is 40.6 Å². The van der Waals surface area contributed by atoms with Crippen LogP contribution in [-0.4, -0.2) is 18.5 Å². The third kappa shape index (κ3) is 3.88. The molecule has 0 radical (unpaired) electrons. The molecule has 2 heterocycles. The van der Waals surface area contributed by atoms with Crippen LogP contribution >= 0.6 is 34.7 Å². The van der Waals surface area contributed by atoms with Gasteiger partial charge in [0.2, 0.25) is 12.7 Å². The van der Waals surface area contributed by atoms with Gasteiger partial charge in [0.05, 0.1) is 17.3 Å². The Morgan fingerprint density at radius 3 is 3.14 bits per heavy atom. The molecule has 22 heavy (non-hydrogen) atoms. The van der Waals surface area contributed by atoms with Gasteiger partial charge in [0.25, 0.3) is 0 Å². The summed E-state index contributed by atoms with van der Waals surface area (Å²) in [5.74, 6) is 2.42. The number of benzene rings is 1. The Hall–Kier alpha value is -1.37. The summed E-state index contributed by atoms with van der Waals surface area (Å²) in [5, 5.41) is 5.45. The zero-order valence-corrected chi connectivity index (χ0v) is 14.0. The van der Waals surface area contributed by atoms with Gasteiger partial charge in [-0.3, -0.25) is 4.79 Å². The zero-order valence-electron chi connectivity index (χ0n) is 11.6. The maximum atomic E-state index is 11.8. The van der Waals surface area contributed by atoms with Gasteiger partial charge in [0, 0.05) is 10.6 Å². The predicted molar refractivity (Wildman–Crippen MR) is 89.9 cm³/mol. The number of thiophene rings is 1.